The van der Waals surface area contributed by atoms with Crippen LogP contribution >= 0.6 is 22.9 Å². The molecule has 0 radical (unpaired) electrons. The number of carbonyl (C=O) groups excluding carboxylic acids is 3. The maximum atomic E-state index is 13.2. The van der Waals surface area contributed by atoms with E-state index in [4.69, 9.17) is 16.3 Å². The molecule has 1 aromatic carbocycles. The number of anilines is 1. The fourth-order valence-electron chi connectivity index (χ4n) is 3.62. The summed E-state index contributed by atoms with van der Waals surface area (Å²) in [5.74, 6) is -0.922. The molecule has 0 atom stereocenters. The number of imide groups is 1. The van der Waals surface area contributed by atoms with E-state index in [-0.39, 0.29) is 37.1 Å². The van der Waals surface area contributed by atoms with Crippen LogP contribution < -0.4 is 4.90 Å². The van der Waals surface area contributed by atoms with Crippen LogP contribution in [0.4, 0.5) is 5.13 Å². The summed E-state index contributed by atoms with van der Waals surface area (Å²) >= 11 is 7.70. The Balaban J connectivity index is 1.60. The van der Waals surface area contributed by atoms with Crippen molar-refractivity contribution >= 4 is 56.0 Å². The van der Waals surface area contributed by atoms with Crippen LogP contribution in [0, 0.1) is 6.92 Å². The summed E-state index contributed by atoms with van der Waals surface area (Å²) < 4.78 is 6.21. The summed E-state index contributed by atoms with van der Waals surface area (Å²) in [4.78, 5) is 46.7. The Morgan fingerprint density at radius 1 is 1.23 bits per heavy atom. The lowest BCUT2D eigenvalue weighted by molar-refractivity contribution is -0.141. The van der Waals surface area contributed by atoms with Gasteiger partial charge in [-0.25, -0.2) is 4.98 Å². The van der Waals surface area contributed by atoms with E-state index in [0.717, 1.165) is 33.8 Å². The molecule has 0 N–H and O–H groups in total. The number of likely N-dealkylation sites (tertiary alicyclic amines) is 1. The van der Waals surface area contributed by atoms with Gasteiger partial charge in [-0.3, -0.25) is 29.1 Å². The average Bonchev–Trinajstić information content (AvgIpc) is 3.32. The third-order valence-corrected chi connectivity index (χ3v) is 6.95. The van der Waals surface area contributed by atoms with Crippen LogP contribution in [0.3, 0.4) is 0 Å². The number of hydrogen-bond acceptors (Lipinski definition) is 7. The number of aryl methyl sites for hydroxylation is 1. The number of fused-ring (bicyclic) bond motifs is 1. The summed E-state index contributed by atoms with van der Waals surface area (Å²) in [5, 5.41) is 1.11. The first-order chi connectivity index (χ1) is 14.4. The monoisotopic (exact) mass is 450 g/mol. The number of carbonyl (C=O) groups is 3. The minimum atomic E-state index is -0.320. The molecule has 3 amide bonds. The van der Waals surface area contributed by atoms with Crippen molar-refractivity contribution in [2.75, 3.05) is 50.8 Å². The molecule has 30 heavy (non-hydrogen) atoms. The maximum absolute atomic E-state index is 13.2. The quantitative estimate of drug-likeness (QED) is 0.626. The summed E-state index contributed by atoms with van der Waals surface area (Å²) in [6.45, 7) is 5.69. The zero-order valence-electron chi connectivity index (χ0n) is 16.7. The number of ether oxygens (including phenoxy) is 1. The molecule has 3 heterocycles. The van der Waals surface area contributed by atoms with Crippen LogP contribution in [-0.2, 0) is 19.1 Å². The fraction of sp³-hybridized carbons (Fsp3) is 0.500. The van der Waals surface area contributed by atoms with Crippen molar-refractivity contribution in [1.82, 2.24) is 14.8 Å². The van der Waals surface area contributed by atoms with Crippen LogP contribution in [0.25, 0.3) is 10.2 Å². The van der Waals surface area contributed by atoms with Crippen molar-refractivity contribution in [3.63, 3.8) is 0 Å². The highest BCUT2D eigenvalue weighted by Crippen LogP contribution is 2.35. The van der Waals surface area contributed by atoms with Crippen molar-refractivity contribution in [2.24, 2.45) is 0 Å². The van der Waals surface area contributed by atoms with E-state index in [9.17, 15) is 14.4 Å². The lowest BCUT2D eigenvalue weighted by atomic mass is 10.2. The highest BCUT2D eigenvalue weighted by atomic mass is 35.5. The lowest BCUT2D eigenvalue weighted by Gasteiger charge is -2.29. The summed E-state index contributed by atoms with van der Waals surface area (Å²) in [7, 11) is 0. The molecule has 160 valence electrons. The van der Waals surface area contributed by atoms with Gasteiger partial charge in [0.15, 0.2) is 5.13 Å². The summed E-state index contributed by atoms with van der Waals surface area (Å²) in [5.41, 5.74) is 1.74. The number of rotatable bonds is 6. The standard InChI is InChI=1S/C20H23ClN4O4S/c1-13-2-3-14(21)19-18(13)22-20(30-19)24(7-6-23-8-10-29-11-9-23)17(28)12-25-15(26)4-5-16(25)27/h2-3H,4-12H2,1H3. The first-order valence-electron chi connectivity index (χ1n) is 9.93. The molecule has 2 aliphatic heterocycles. The molecule has 0 aliphatic carbocycles. The van der Waals surface area contributed by atoms with Crippen LogP contribution in [0.15, 0.2) is 12.1 Å². The molecule has 0 saturated carbocycles. The molecule has 1 aromatic heterocycles. The Kier molecular flexibility index (Phi) is 6.33. The second kappa shape index (κ2) is 8.97. The van der Waals surface area contributed by atoms with E-state index in [1.807, 2.05) is 19.1 Å². The van der Waals surface area contributed by atoms with Gasteiger partial charge >= 0.3 is 0 Å². The van der Waals surface area contributed by atoms with Crippen molar-refractivity contribution in [3.8, 4) is 0 Å². The predicted octanol–water partition coefficient (Wildman–Crippen LogP) is 2.07. The van der Waals surface area contributed by atoms with Crippen molar-refractivity contribution in [2.45, 2.75) is 19.8 Å². The van der Waals surface area contributed by atoms with Crippen molar-refractivity contribution < 1.29 is 19.1 Å². The maximum Gasteiger partial charge on any atom is 0.248 e. The van der Waals surface area contributed by atoms with Crippen LogP contribution in [0.2, 0.25) is 5.02 Å². The second-order valence-electron chi connectivity index (χ2n) is 7.41. The molecule has 4 rings (SSSR count). The molecule has 10 heteroatoms. The van der Waals surface area contributed by atoms with Crippen molar-refractivity contribution in [3.05, 3.63) is 22.7 Å². The van der Waals surface area contributed by atoms with E-state index < -0.39 is 0 Å². The average molecular weight is 451 g/mol. The number of hydrogen-bond donors (Lipinski definition) is 0. The number of aromatic nitrogens is 1. The molecule has 2 saturated heterocycles. The Morgan fingerprint density at radius 3 is 2.60 bits per heavy atom. The van der Waals surface area contributed by atoms with Crippen LogP contribution in [0.5, 0.6) is 0 Å². The summed E-state index contributed by atoms with van der Waals surface area (Å²) in [6, 6.07) is 3.72. The van der Waals surface area contributed by atoms with Gasteiger partial charge in [-0.1, -0.05) is 29.0 Å². The molecule has 2 aromatic rings. The van der Waals surface area contributed by atoms with E-state index >= 15 is 0 Å². The van der Waals surface area contributed by atoms with Crippen molar-refractivity contribution in [1.29, 1.82) is 0 Å². The number of morpholine rings is 1. The first kappa shape index (κ1) is 21.2. The van der Waals surface area contributed by atoms with Gasteiger partial charge < -0.3 is 4.74 Å². The molecule has 0 bridgehead atoms. The third-order valence-electron chi connectivity index (χ3n) is 5.41. The molecular formula is C20H23ClN4O4S. The van der Waals surface area contributed by atoms with Gasteiger partial charge in [0.1, 0.15) is 6.54 Å². The zero-order valence-corrected chi connectivity index (χ0v) is 18.3. The minimum Gasteiger partial charge on any atom is -0.379 e. The number of benzene rings is 1. The molecule has 2 fully saturated rings. The van der Waals surface area contributed by atoms with Gasteiger partial charge in [0.05, 0.1) is 28.5 Å². The van der Waals surface area contributed by atoms with E-state index in [1.54, 1.807) is 4.90 Å². The SMILES string of the molecule is Cc1ccc(Cl)c2sc(N(CCN3CCOCC3)C(=O)CN3C(=O)CCC3=O)nc12. The first-order valence-corrected chi connectivity index (χ1v) is 11.1. The zero-order chi connectivity index (χ0) is 21.3. The van der Waals surface area contributed by atoms with Gasteiger partial charge in [-0.05, 0) is 18.6 Å². The predicted molar refractivity (Wildman–Crippen MR) is 115 cm³/mol. The Hall–Kier alpha value is -2.07. The number of nitrogens with zero attached hydrogens (tertiary/aromatic N) is 4. The van der Waals surface area contributed by atoms with Crippen LogP contribution in [-0.4, -0.2) is 78.4 Å². The topological polar surface area (TPSA) is 83.0 Å². The highest BCUT2D eigenvalue weighted by molar-refractivity contribution is 7.23. The molecule has 0 spiro atoms. The van der Waals surface area contributed by atoms with Gasteiger partial charge in [-0.15, -0.1) is 0 Å². The molecule has 2 aliphatic rings. The Bertz CT molecular complexity index is 934. The van der Waals surface area contributed by atoms with E-state index in [0.29, 0.717) is 36.5 Å². The Labute approximate surface area is 183 Å². The largest absolute Gasteiger partial charge is 0.379 e. The third kappa shape index (κ3) is 4.34. The lowest BCUT2D eigenvalue weighted by Crippen LogP contribution is -2.47. The smallest absolute Gasteiger partial charge is 0.248 e. The Morgan fingerprint density at radius 2 is 1.93 bits per heavy atom. The van der Waals surface area contributed by atoms with Crippen LogP contribution in [0.1, 0.15) is 18.4 Å². The number of amides is 3. The molecule has 0 unspecified atom stereocenters. The minimum absolute atomic E-state index is 0.163. The number of thiazole rings is 1. The summed E-state index contributed by atoms with van der Waals surface area (Å²) in [6.07, 6.45) is 0.325. The van der Waals surface area contributed by atoms with Gasteiger partial charge in [-0.2, -0.15) is 0 Å². The molecule has 8 nitrogen and oxygen atoms in total. The fourth-order valence-corrected chi connectivity index (χ4v) is 4.98. The molecular weight excluding hydrogens is 428 g/mol. The van der Waals surface area contributed by atoms with Gasteiger partial charge in [0.25, 0.3) is 0 Å². The normalized spacial score (nSPS) is 17.9. The second-order valence-corrected chi connectivity index (χ2v) is 8.80. The van der Waals surface area contributed by atoms with Gasteiger partial charge in [0, 0.05) is 39.0 Å². The number of halogens is 1. The van der Waals surface area contributed by atoms with Gasteiger partial charge in [0.2, 0.25) is 17.7 Å². The highest BCUT2D eigenvalue weighted by Gasteiger charge is 2.33. The van der Waals surface area contributed by atoms with E-state index in [1.165, 1.54) is 11.3 Å². The van der Waals surface area contributed by atoms with E-state index in [2.05, 4.69) is 9.88 Å².